The summed E-state index contributed by atoms with van der Waals surface area (Å²) < 4.78 is 1.28. The largest absolute Gasteiger partial charge is 0.478 e. The Morgan fingerprint density at radius 3 is 2.53 bits per heavy atom. The van der Waals surface area contributed by atoms with E-state index >= 15 is 0 Å². The Morgan fingerprint density at radius 2 is 1.84 bits per heavy atom. The predicted molar refractivity (Wildman–Crippen MR) is 126 cm³/mol. The van der Waals surface area contributed by atoms with Crippen LogP contribution in [0.4, 0.5) is 5.69 Å². The molecule has 4 aromatic rings. The number of aromatic nitrogens is 2. The van der Waals surface area contributed by atoms with Crippen molar-refractivity contribution >= 4 is 39.1 Å². The van der Waals surface area contributed by atoms with Gasteiger partial charge in [0.1, 0.15) is 16.7 Å². The van der Waals surface area contributed by atoms with E-state index < -0.39 is 23.5 Å². The molecule has 0 bridgehead atoms. The molecular weight excluding hydrogens is 426 g/mol. The number of amides is 1. The van der Waals surface area contributed by atoms with Gasteiger partial charge in [-0.25, -0.2) is 9.78 Å². The molecule has 0 fully saturated rings. The SMILES string of the molecule is Cc1ccc(C)c(NC(=O)C(C)n2c(-c3ccccc3)nc3scc(C(=O)O)c3c2=O)c1. The fraction of sp³-hybridized carbons (Fsp3) is 0.167. The highest BCUT2D eigenvalue weighted by atomic mass is 32.1. The van der Waals surface area contributed by atoms with Gasteiger partial charge in [0.05, 0.1) is 10.9 Å². The molecule has 0 aliphatic rings. The number of nitrogens with one attached hydrogen (secondary N) is 1. The van der Waals surface area contributed by atoms with Crippen molar-refractivity contribution in [1.29, 1.82) is 0 Å². The molecule has 2 heterocycles. The first-order valence-corrected chi connectivity index (χ1v) is 10.9. The standard InChI is InChI=1S/C24H21N3O4S/c1-13-9-10-14(2)18(11-13)25-21(28)15(3)27-20(16-7-5-4-6-8-16)26-22-19(23(27)29)17(12-32-22)24(30)31/h4-12,15H,1-3H3,(H,25,28)(H,30,31). The molecule has 2 N–H and O–H groups in total. The van der Waals surface area contributed by atoms with Crippen molar-refractivity contribution in [3.05, 3.63) is 81.0 Å². The van der Waals surface area contributed by atoms with E-state index in [0.717, 1.165) is 22.5 Å². The number of benzene rings is 2. The van der Waals surface area contributed by atoms with Gasteiger partial charge in [-0.3, -0.25) is 14.2 Å². The minimum absolute atomic E-state index is 0.00793. The third-order valence-electron chi connectivity index (χ3n) is 5.32. The molecule has 2 aromatic heterocycles. The molecule has 8 heteroatoms. The van der Waals surface area contributed by atoms with Crippen molar-refractivity contribution in [1.82, 2.24) is 9.55 Å². The van der Waals surface area contributed by atoms with Crippen molar-refractivity contribution in [2.45, 2.75) is 26.8 Å². The van der Waals surface area contributed by atoms with Crippen LogP contribution in [0.3, 0.4) is 0 Å². The van der Waals surface area contributed by atoms with Crippen molar-refractivity contribution in [2.24, 2.45) is 0 Å². The summed E-state index contributed by atoms with van der Waals surface area (Å²) in [6, 6.07) is 13.9. The molecule has 0 aliphatic heterocycles. The van der Waals surface area contributed by atoms with Crippen LogP contribution in [0.1, 0.15) is 34.5 Å². The van der Waals surface area contributed by atoms with E-state index in [1.165, 1.54) is 9.95 Å². The molecule has 4 rings (SSSR count). The molecule has 32 heavy (non-hydrogen) atoms. The number of rotatable bonds is 5. The van der Waals surface area contributed by atoms with Crippen molar-refractivity contribution < 1.29 is 14.7 Å². The second kappa shape index (κ2) is 8.39. The molecule has 1 atom stereocenters. The van der Waals surface area contributed by atoms with Gasteiger partial charge in [-0.2, -0.15) is 0 Å². The monoisotopic (exact) mass is 447 g/mol. The van der Waals surface area contributed by atoms with Gasteiger partial charge in [0.15, 0.2) is 0 Å². The number of anilines is 1. The van der Waals surface area contributed by atoms with Crippen LogP contribution in [-0.2, 0) is 4.79 Å². The Bertz CT molecular complexity index is 1410. The highest BCUT2D eigenvalue weighted by Gasteiger charge is 2.26. The zero-order valence-corrected chi connectivity index (χ0v) is 18.6. The molecule has 0 aliphatic carbocycles. The number of fused-ring (bicyclic) bond motifs is 1. The van der Waals surface area contributed by atoms with E-state index in [1.54, 1.807) is 19.1 Å². The minimum Gasteiger partial charge on any atom is -0.478 e. The van der Waals surface area contributed by atoms with E-state index in [9.17, 15) is 19.5 Å². The van der Waals surface area contributed by atoms with E-state index in [4.69, 9.17) is 0 Å². The first-order chi connectivity index (χ1) is 15.3. The lowest BCUT2D eigenvalue weighted by molar-refractivity contribution is -0.118. The first kappa shape index (κ1) is 21.5. The number of aromatic carboxylic acids is 1. The average Bonchev–Trinajstić information content (AvgIpc) is 3.21. The minimum atomic E-state index is -1.21. The third kappa shape index (κ3) is 3.80. The summed E-state index contributed by atoms with van der Waals surface area (Å²) in [6.45, 7) is 5.42. The lowest BCUT2D eigenvalue weighted by atomic mass is 10.1. The smallest absolute Gasteiger partial charge is 0.337 e. The van der Waals surface area contributed by atoms with E-state index in [2.05, 4.69) is 10.3 Å². The normalized spacial score (nSPS) is 12.0. The van der Waals surface area contributed by atoms with Crippen LogP contribution >= 0.6 is 11.3 Å². The van der Waals surface area contributed by atoms with Crippen molar-refractivity contribution in [2.75, 3.05) is 5.32 Å². The van der Waals surface area contributed by atoms with Crippen molar-refractivity contribution in [3.8, 4) is 11.4 Å². The van der Waals surface area contributed by atoms with Gasteiger partial charge < -0.3 is 10.4 Å². The Hall–Kier alpha value is -3.78. The molecule has 0 spiro atoms. The lowest BCUT2D eigenvalue weighted by Crippen LogP contribution is -2.34. The zero-order valence-electron chi connectivity index (χ0n) is 17.7. The first-order valence-electron chi connectivity index (χ1n) is 9.98. The van der Waals surface area contributed by atoms with Crippen molar-refractivity contribution in [3.63, 3.8) is 0 Å². The van der Waals surface area contributed by atoms with Crippen LogP contribution in [0, 0.1) is 13.8 Å². The maximum Gasteiger partial charge on any atom is 0.337 e. The Balaban J connectivity index is 1.89. The average molecular weight is 448 g/mol. The van der Waals surface area contributed by atoms with Crippen LogP contribution in [-0.4, -0.2) is 26.5 Å². The van der Waals surface area contributed by atoms with Crippen LogP contribution in [0.2, 0.25) is 0 Å². The molecule has 162 valence electrons. The van der Waals surface area contributed by atoms with Gasteiger partial charge >= 0.3 is 5.97 Å². The number of carboxylic acids is 1. The van der Waals surface area contributed by atoms with Crippen LogP contribution < -0.4 is 10.9 Å². The Labute approximate surface area is 188 Å². The summed E-state index contributed by atoms with van der Waals surface area (Å²) in [5.74, 6) is -1.29. The maximum absolute atomic E-state index is 13.5. The summed E-state index contributed by atoms with van der Waals surface area (Å²) in [7, 11) is 0. The van der Waals surface area contributed by atoms with Crippen LogP contribution in [0.5, 0.6) is 0 Å². The fourth-order valence-corrected chi connectivity index (χ4v) is 4.44. The summed E-state index contributed by atoms with van der Waals surface area (Å²) in [5.41, 5.74) is 2.53. The summed E-state index contributed by atoms with van der Waals surface area (Å²) in [5, 5.41) is 13.8. The van der Waals surface area contributed by atoms with Gasteiger partial charge in [-0.1, -0.05) is 42.5 Å². The molecular formula is C24H21N3O4S. The molecule has 1 amide bonds. The lowest BCUT2D eigenvalue weighted by Gasteiger charge is -2.20. The van der Waals surface area contributed by atoms with Gasteiger partial charge in [-0.05, 0) is 38.0 Å². The maximum atomic E-state index is 13.5. The molecule has 0 radical (unpaired) electrons. The number of hydrogen-bond acceptors (Lipinski definition) is 5. The second-order valence-corrected chi connectivity index (χ2v) is 8.45. The fourth-order valence-electron chi connectivity index (χ4n) is 3.54. The van der Waals surface area contributed by atoms with Crippen LogP contribution in [0.25, 0.3) is 21.6 Å². The van der Waals surface area contributed by atoms with Gasteiger partial charge in [0.25, 0.3) is 5.56 Å². The summed E-state index contributed by atoms with van der Waals surface area (Å²) in [4.78, 5) is 43.3. The summed E-state index contributed by atoms with van der Waals surface area (Å²) in [6.07, 6.45) is 0. The topological polar surface area (TPSA) is 101 Å². The highest BCUT2D eigenvalue weighted by Crippen LogP contribution is 2.28. The number of carbonyl (C=O) groups excluding carboxylic acids is 1. The van der Waals surface area contributed by atoms with E-state index in [1.807, 2.05) is 50.2 Å². The second-order valence-electron chi connectivity index (χ2n) is 7.59. The number of hydrogen-bond donors (Lipinski definition) is 2. The molecule has 2 aromatic carbocycles. The number of aryl methyl sites for hydroxylation is 2. The molecule has 1 unspecified atom stereocenters. The van der Waals surface area contributed by atoms with Gasteiger partial charge in [0, 0.05) is 16.6 Å². The number of carboxylic acid groups (broad SMARTS) is 1. The number of nitrogens with zero attached hydrogens (tertiary/aromatic N) is 2. The van der Waals surface area contributed by atoms with Gasteiger partial charge in [0.2, 0.25) is 5.91 Å². The van der Waals surface area contributed by atoms with Crippen LogP contribution in [0.15, 0.2) is 58.7 Å². The zero-order chi connectivity index (χ0) is 23.0. The highest BCUT2D eigenvalue weighted by molar-refractivity contribution is 7.17. The molecule has 0 saturated carbocycles. The Kier molecular flexibility index (Phi) is 5.63. The molecule has 7 nitrogen and oxygen atoms in total. The quantitative estimate of drug-likeness (QED) is 0.464. The number of thiophene rings is 1. The van der Waals surface area contributed by atoms with E-state index in [-0.39, 0.29) is 10.9 Å². The van der Waals surface area contributed by atoms with E-state index in [0.29, 0.717) is 21.9 Å². The Morgan fingerprint density at radius 1 is 1.12 bits per heavy atom. The third-order valence-corrected chi connectivity index (χ3v) is 6.19. The molecule has 0 saturated heterocycles. The van der Waals surface area contributed by atoms with Gasteiger partial charge in [-0.15, -0.1) is 11.3 Å². The summed E-state index contributed by atoms with van der Waals surface area (Å²) >= 11 is 1.09. The number of carbonyl (C=O) groups is 2. The predicted octanol–water partition coefficient (Wildman–Crippen LogP) is 4.64.